The summed E-state index contributed by atoms with van der Waals surface area (Å²) in [5, 5.41) is 14.1. The molecule has 1 fully saturated rings. The Morgan fingerprint density at radius 3 is 1.89 bits per heavy atom. The van der Waals surface area contributed by atoms with Crippen LogP contribution in [0.2, 0.25) is 0 Å². The fourth-order valence-corrected chi connectivity index (χ4v) is 6.61. The van der Waals surface area contributed by atoms with Gasteiger partial charge in [-0.3, -0.25) is 14.6 Å². The predicted octanol–water partition coefficient (Wildman–Crippen LogP) is 5.68. The Morgan fingerprint density at radius 2 is 1.27 bits per heavy atom. The lowest BCUT2D eigenvalue weighted by Crippen LogP contribution is -2.50. The summed E-state index contributed by atoms with van der Waals surface area (Å²) in [6.07, 6.45) is 0. The smallest absolute Gasteiger partial charge is 0.253 e. The Hall–Kier alpha value is -4.92. The third-order valence-corrected chi connectivity index (χ3v) is 9.07. The topological polar surface area (TPSA) is 82.9 Å². The van der Waals surface area contributed by atoms with E-state index in [-0.39, 0.29) is 11.6 Å². The van der Waals surface area contributed by atoms with Crippen LogP contribution in [-0.4, -0.2) is 61.2 Å². The lowest BCUT2D eigenvalue weighted by atomic mass is 9.96. The van der Waals surface area contributed by atoms with Crippen molar-refractivity contribution in [3.05, 3.63) is 159 Å². The van der Waals surface area contributed by atoms with Gasteiger partial charge in [-0.2, -0.15) is 0 Å². The number of piperazine rings is 1. The molecule has 0 spiro atoms. The number of benzene rings is 4. The molecule has 3 heterocycles. The molecule has 1 atom stereocenters. The van der Waals surface area contributed by atoms with Crippen molar-refractivity contribution in [1.29, 1.82) is 0 Å². The van der Waals surface area contributed by atoms with Gasteiger partial charge in [0.05, 0.1) is 12.6 Å². The van der Waals surface area contributed by atoms with Crippen molar-refractivity contribution in [2.45, 2.75) is 32.5 Å². The van der Waals surface area contributed by atoms with E-state index in [1.165, 1.54) is 16.7 Å². The molecule has 6 aromatic rings. The number of tetrazole rings is 1. The number of aromatic amines is 1. The molecular formula is C37H37N7O. The second-order valence-corrected chi connectivity index (χ2v) is 12.0. The van der Waals surface area contributed by atoms with Crippen molar-refractivity contribution in [1.82, 2.24) is 35.0 Å². The number of aromatic nitrogens is 5. The molecule has 0 aliphatic carbocycles. The molecule has 45 heavy (non-hydrogen) atoms. The normalized spacial score (nSPS) is 15.1. The van der Waals surface area contributed by atoms with Gasteiger partial charge in [0.15, 0.2) is 5.82 Å². The maximum Gasteiger partial charge on any atom is 0.253 e. The van der Waals surface area contributed by atoms with Crippen molar-refractivity contribution in [3.8, 4) is 0 Å². The van der Waals surface area contributed by atoms with Crippen LogP contribution in [-0.2, 0) is 6.54 Å². The largest absolute Gasteiger partial charge is 0.322 e. The summed E-state index contributed by atoms with van der Waals surface area (Å²) in [4.78, 5) is 21.9. The van der Waals surface area contributed by atoms with Gasteiger partial charge in [0, 0.05) is 37.3 Å². The molecule has 1 N–H and O–H groups in total. The van der Waals surface area contributed by atoms with E-state index < -0.39 is 6.04 Å². The Labute approximate surface area is 263 Å². The van der Waals surface area contributed by atoms with E-state index in [0.717, 1.165) is 48.2 Å². The molecule has 226 valence electrons. The van der Waals surface area contributed by atoms with E-state index >= 15 is 0 Å². The van der Waals surface area contributed by atoms with Crippen LogP contribution in [0.1, 0.15) is 51.3 Å². The average Bonchev–Trinajstić information content (AvgIpc) is 3.52. The van der Waals surface area contributed by atoms with Crippen LogP contribution in [0.15, 0.2) is 114 Å². The van der Waals surface area contributed by atoms with Crippen LogP contribution < -0.4 is 5.56 Å². The fourth-order valence-electron chi connectivity index (χ4n) is 6.61. The van der Waals surface area contributed by atoms with E-state index in [4.69, 9.17) is 0 Å². The van der Waals surface area contributed by atoms with Gasteiger partial charge in [-0.25, -0.2) is 4.68 Å². The highest BCUT2D eigenvalue weighted by Crippen LogP contribution is 2.33. The van der Waals surface area contributed by atoms with Gasteiger partial charge in [0.25, 0.3) is 5.56 Å². The zero-order valence-electron chi connectivity index (χ0n) is 25.7. The van der Waals surface area contributed by atoms with Gasteiger partial charge in [0.2, 0.25) is 0 Å². The molecule has 1 saturated heterocycles. The molecule has 1 aliphatic heterocycles. The minimum atomic E-state index is -0.410. The highest BCUT2D eigenvalue weighted by molar-refractivity contribution is 5.81. The maximum absolute atomic E-state index is 13.9. The Balaban J connectivity index is 1.26. The van der Waals surface area contributed by atoms with E-state index in [9.17, 15) is 4.79 Å². The fraction of sp³-hybridized carbons (Fsp3) is 0.243. The molecule has 0 amide bonds. The van der Waals surface area contributed by atoms with Crippen LogP contribution >= 0.6 is 0 Å². The summed E-state index contributed by atoms with van der Waals surface area (Å²) in [5.74, 6) is 0.670. The number of H-pyrrole nitrogens is 1. The third kappa shape index (κ3) is 5.94. The van der Waals surface area contributed by atoms with E-state index in [1.807, 2.05) is 28.9 Å². The number of rotatable bonds is 8. The molecule has 8 nitrogen and oxygen atoms in total. The lowest BCUT2D eigenvalue weighted by molar-refractivity contribution is 0.0857. The number of hydrogen-bond donors (Lipinski definition) is 1. The van der Waals surface area contributed by atoms with Crippen molar-refractivity contribution in [2.24, 2.45) is 0 Å². The summed E-state index contributed by atoms with van der Waals surface area (Å²) in [6, 6.07) is 37.6. The molecule has 8 heteroatoms. The SMILES string of the molecule is Cc1cc2cc([C@@H](c3nnnn3Cc3ccccc3)N3CCN(C(c4ccccc4)c4ccccc4)CC3)c(=O)[nH]c2cc1C. The van der Waals surface area contributed by atoms with Crippen LogP contribution in [0.3, 0.4) is 0 Å². The van der Waals surface area contributed by atoms with E-state index in [0.29, 0.717) is 17.9 Å². The van der Waals surface area contributed by atoms with Crippen molar-refractivity contribution in [2.75, 3.05) is 26.2 Å². The third-order valence-electron chi connectivity index (χ3n) is 9.07. The second kappa shape index (κ2) is 12.6. The first-order valence-corrected chi connectivity index (χ1v) is 15.6. The Kier molecular flexibility index (Phi) is 8.07. The first-order chi connectivity index (χ1) is 22.0. The molecule has 0 unspecified atom stereocenters. The summed E-state index contributed by atoms with van der Waals surface area (Å²) < 4.78 is 1.84. The summed E-state index contributed by atoms with van der Waals surface area (Å²) in [6.45, 7) is 7.86. The minimum absolute atomic E-state index is 0.112. The van der Waals surface area contributed by atoms with Gasteiger partial charge in [-0.15, -0.1) is 5.10 Å². The molecule has 1 aliphatic rings. The lowest BCUT2D eigenvalue weighted by Gasteiger charge is -2.42. The zero-order chi connectivity index (χ0) is 30.8. The Morgan fingerprint density at radius 1 is 0.711 bits per heavy atom. The highest BCUT2D eigenvalue weighted by Gasteiger charge is 2.35. The molecule has 4 aromatic carbocycles. The summed E-state index contributed by atoms with van der Waals surface area (Å²) in [7, 11) is 0. The van der Waals surface area contributed by atoms with Gasteiger partial charge in [0.1, 0.15) is 6.04 Å². The van der Waals surface area contributed by atoms with Crippen LogP contribution in [0.25, 0.3) is 10.9 Å². The first-order valence-electron chi connectivity index (χ1n) is 15.6. The highest BCUT2D eigenvalue weighted by atomic mass is 16.1. The van der Waals surface area contributed by atoms with E-state index in [1.54, 1.807) is 0 Å². The number of aryl methyl sites for hydroxylation is 2. The number of hydrogen-bond acceptors (Lipinski definition) is 6. The number of nitrogens with one attached hydrogen (secondary N) is 1. The van der Waals surface area contributed by atoms with Crippen molar-refractivity contribution >= 4 is 10.9 Å². The monoisotopic (exact) mass is 595 g/mol. The van der Waals surface area contributed by atoms with Crippen molar-refractivity contribution in [3.63, 3.8) is 0 Å². The van der Waals surface area contributed by atoms with Crippen LogP contribution in [0.5, 0.6) is 0 Å². The molecule has 7 rings (SSSR count). The zero-order valence-corrected chi connectivity index (χ0v) is 25.7. The van der Waals surface area contributed by atoms with Crippen LogP contribution in [0.4, 0.5) is 0 Å². The molecule has 2 aromatic heterocycles. The quantitative estimate of drug-likeness (QED) is 0.244. The predicted molar refractivity (Wildman–Crippen MR) is 177 cm³/mol. The minimum Gasteiger partial charge on any atom is -0.322 e. The number of pyridine rings is 1. The Bertz CT molecular complexity index is 1910. The van der Waals surface area contributed by atoms with Gasteiger partial charge >= 0.3 is 0 Å². The number of fused-ring (bicyclic) bond motifs is 1. The van der Waals surface area contributed by atoms with E-state index in [2.05, 4.69) is 129 Å². The molecule has 0 saturated carbocycles. The average molecular weight is 596 g/mol. The van der Waals surface area contributed by atoms with Crippen molar-refractivity contribution < 1.29 is 0 Å². The van der Waals surface area contributed by atoms with Gasteiger partial charge in [-0.1, -0.05) is 91.0 Å². The first kappa shape index (κ1) is 28.8. The number of nitrogens with zero attached hydrogens (tertiary/aromatic N) is 6. The summed E-state index contributed by atoms with van der Waals surface area (Å²) >= 11 is 0. The molecular weight excluding hydrogens is 558 g/mol. The maximum atomic E-state index is 13.9. The van der Waals surface area contributed by atoms with Gasteiger partial charge in [-0.05, 0) is 75.7 Å². The summed E-state index contributed by atoms with van der Waals surface area (Å²) in [5.41, 5.74) is 7.37. The molecule has 0 radical (unpaired) electrons. The molecule has 0 bridgehead atoms. The van der Waals surface area contributed by atoms with Gasteiger partial charge < -0.3 is 4.98 Å². The second-order valence-electron chi connectivity index (χ2n) is 12.0. The standard InChI is InChI=1S/C37H37N7O/c1-26-22-31-24-32(37(45)38-33(31)23-27(26)2)35(36-39-40-41-44(36)25-28-12-6-3-7-13-28)43-20-18-42(19-21-43)34(29-14-8-4-9-15-29)30-16-10-5-11-17-30/h3-17,22-24,34-35H,18-21,25H2,1-2H3,(H,38,45)/t35-/m0/s1. The van der Waals surface area contributed by atoms with Crippen LogP contribution in [0, 0.1) is 13.8 Å².